The third-order valence-corrected chi connectivity index (χ3v) is 8.62. The first-order valence-corrected chi connectivity index (χ1v) is 12.3. The minimum Gasteiger partial charge on any atom is -0.507 e. The topological polar surface area (TPSA) is 87.6 Å². The van der Waals surface area contributed by atoms with Crippen LogP contribution in [0.25, 0.3) is 11.0 Å². The number of phenols is 1. The van der Waals surface area contributed by atoms with Crippen LogP contribution in [0.5, 0.6) is 5.75 Å². The molecule has 178 valence electrons. The maximum Gasteiger partial charge on any atom is 0.311 e. The van der Waals surface area contributed by atoms with Gasteiger partial charge in [0.1, 0.15) is 17.1 Å². The number of aromatic amines is 1. The molecule has 8 heteroatoms. The normalized spacial score (nSPS) is 26.4. The Kier molecular flexibility index (Phi) is 5.54. The second kappa shape index (κ2) is 8.18. The number of ether oxygens (including phenoxy) is 1. The molecule has 2 aliphatic rings. The second-order valence-electron chi connectivity index (χ2n) is 9.90. The van der Waals surface area contributed by atoms with Gasteiger partial charge in [0.05, 0.1) is 18.0 Å². The Morgan fingerprint density at radius 2 is 2.15 bits per heavy atom. The average molecular weight is 528 g/mol. The Hall–Kier alpha value is -2.74. The Morgan fingerprint density at radius 3 is 2.91 bits per heavy atom. The zero-order chi connectivity index (χ0) is 24.3. The lowest BCUT2D eigenvalue weighted by Crippen LogP contribution is -2.52. The van der Waals surface area contributed by atoms with Gasteiger partial charge in [-0.25, -0.2) is 14.4 Å². The van der Waals surface area contributed by atoms with Gasteiger partial charge in [0, 0.05) is 16.3 Å². The Balaban J connectivity index is 1.58. The third-order valence-electron chi connectivity index (χ3n) is 8.01. The zero-order valence-electron chi connectivity index (χ0n) is 19.4. The summed E-state index contributed by atoms with van der Waals surface area (Å²) in [5.41, 5.74) is 3.76. The van der Waals surface area contributed by atoms with E-state index in [2.05, 4.69) is 50.8 Å². The van der Waals surface area contributed by atoms with Gasteiger partial charge >= 0.3 is 5.97 Å². The van der Waals surface area contributed by atoms with Crippen LogP contribution in [0.3, 0.4) is 0 Å². The number of nitrogens with one attached hydrogen (secondary N) is 1. The van der Waals surface area contributed by atoms with Crippen LogP contribution in [0.15, 0.2) is 33.7 Å². The number of aryl methyl sites for hydroxylation is 1. The number of H-pyrrole nitrogens is 1. The van der Waals surface area contributed by atoms with E-state index < -0.39 is 11.2 Å². The number of aromatic nitrogens is 2. The molecule has 1 aromatic heterocycles. The fourth-order valence-corrected chi connectivity index (χ4v) is 6.87. The lowest BCUT2D eigenvalue weighted by molar-refractivity contribution is -0.161. The molecule has 2 aromatic carbocycles. The minimum atomic E-state index is -0.503. The number of nitrogens with zero attached hydrogens (tertiary/aromatic N) is 2. The highest BCUT2D eigenvalue weighted by atomic mass is 79.9. The fourth-order valence-electron chi connectivity index (χ4n) is 6.36. The highest BCUT2D eigenvalue weighted by Gasteiger charge is 2.56. The fraction of sp³-hybridized carbons (Fsp3) is 0.423. The second-order valence-corrected chi connectivity index (χ2v) is 10.8. The quantitative estimate of drug-likeness (QED) is 0.318. The number of halogens is 2. The van der Waals surface area contributed by atoms with Gasteiger partial charge in [-0.05, 0) is 95.3 Å². The van der Waals surface area contributed by atoms with Gasteiger partial charge in [0.25, 0.3) is 0 Å². The van der Waals surface area contributed by atoms with Crippen molar-refractivity contribution in [2.75, 3.05) is 7.11 Å². The number of carbonyl (C=O) groups is 1. The summed E-state index contributed by atoms with van der Waals surface area (Å²) in [5.74, 6) is -0.0528. The molecule has 0 aliphatic heterocycles. The molecule has 1 heterocycles. The lowest BCUT2D eigenvalue weighted by Gasteiger charge is -2.54. The minimum absolute atomic E-state index is 0.0512. The Morgan fingerprint density at radius 1 is 1.35 bits per heavy atom. The first-order valence-electron chi connectivity index (χ1n) is 11.5. The van der Waals surface area contributed by atoms with Crippen LogP contribution in [0.2, 0.25) is 0 Å². The molecule has 1 fully saturated rings. The molecule has 3 aromatic rings. The van der Waals surface area contributed by atoms with Crippen LogP contribution in [0.4, 0.5) is 10.3 Å². The summed E-state index contributed by atoms with van der Waals surface area (Å²) in [6, 6.07) is 5.87. The number of methoxy groups -OCH3 is 1. The third kappa shape index (κ3) is 3.45. The molecule has 2 N–H and O–H groups in total. The summed E-state index contributed by atoms with van der Waals surface area (Å²) >= 11 is 3.70. The molecule has 3 atom stereocenters. The summed E-state index contributed by atoms with van der Waals surface area (Å²) in [7, 11) is 1.48. The number of rotatable bonds is 3. The van der Waals surface area contributed by atoms with Crippen LogP contribution in [-0.2, 0) is 21.4 Å². The maximum atomic E-state index is 13.5. The van der Waals surface area contributed by atoms with Crippen molar-refractivity contribution >= 4 is 45.1 Å². The monoisotopic (exact) mass is 527 g/mol. The van der Waals surface area contributed by atoms with Crippen molar-refractivity contribution in [1.82, 2.24) is 9.97 Å². The first kappa shape index (κ1) is 23.0. The van der Waals surface area contributed by atoms with Gasteiger partial charge in [-0.15, -0.1) is 0 Å². The van der Waals surface area contributed by atoms with E-state index in [1.807, 2.05) is 0 Å². The van der Waals surface area contributed by atoms with Crippen LogP contribution in [0.1, 0.15) is 56.2 Å². The molecule has 0 saturated heterocycles. The number of aliphatic imine (C=N–C) groups is 1. The maximum absolute atomic E-state index is 13.5. The van der Waals surface area contributed by atoms with E-state index in [0.717, 1.165) is 47.6 Å². The van der Waals surface area contributed by atoms with Gasteiger partial charge in [-0.1, -0.05) is 13.3 Å². The standard InChI is InChI=1S/C26H27BrFN3O3/c1-25-9-4-10-26(2,23(33)34-3)20(25)8-6-16-17(25)12-18(27)22-21(16)30-24(31-22)29-13-14-11-15(28)5-7-19(14)32/h5,7,11-13,20,32H,4,6,8-10H2,1-3H3,(H,30,31)/t20-,25-,26-/m1/s1. The molecule has 5 rings (SSSR count). The van der Waals surface area contributed by atoms with Crippen molar-refractivity contribution in [3.63, 3.8) is 0 Å². The van der Waals surface area contributed by atoms with Crippen LogP contribution in [-0.4, -0.2) is 34.4 Å². The molecule has 0 spiro atoms. The number of benzene rings is 2. The van der Waals surface area contributed by atoms with Crippen molar-refractivity contribution in [1.29, 1.82) is 0 Å². The SMILES string of the molecule is COC(=O)[C@]1(C)CCC[C@]2(C)c3cc(Br)c4nc(N=Cc5cc(F)ccc5O)[nH]c4c3CC[C@@H]12. The number of esters is 1. The van der Waals surface area contributed by atoms with Crippen molar-refractivity contribution in [3.05, 3.63) is 51.2 Å². The summed E-state index contributed by atoms with van der Waals surface area (Å²) < 4.78 is 19.6. The molecular formula is C26H27BrFN3O3. The number of fused-ring (bicyclic) bond motifs is 5. The summed E-state index contributed by atoms with van der Waals surface area (Å²) in [6.07, 6.45) is 5.92. The summed E-state index contributed by atoms with van der Waals surface area (Å²) in [5, 5.41) is 9.96. The number of carbonyl (C=O) groups excluding carboxylic acids is 1. The van der Waals surface area contributed by atoms with E-state index in [9.17, 15) is 14.3 Å². The number of hydrogen-bond acceptors (Lipinski definition) is 5. The van der Waals surface area contributed by atoms with E-state index in [4.69, 9.17) is 4.74 Å². The van der Waals surface area contributed by atoms with E-state index in [-0.39, 0.29) is 28.6 Å². The molecule has 2 aliphatic carbocycles. The van der Waals surface area contributed by atoms with Gasteiger partial charge in [-0.2, -0.15) is 0 Å². The van der Waals surface area contributed by atoms with E-state index >= 15 is 0 Å². The highest BCUT2D eigenvalue weighted by molar-refractivity contribution is 9.10. The predicted octanol–water partition coefficient (Wildman–Crippen LogP) is 6.10. The molecule has 34 heavy (non-hydrogen) atoms. The smallest absolute Gasteiger partial charge is 0.311 e. The summed E-state index contributed by atoms with van der Waals surface area (Å²) in [4.78, 5) is 25.1. The molecule has 6 nitrogen and oxygen atoms in total. The number of phenolic OH excluding ortho intramolecular Hbond substituents is 1. The summed E-state index contributed by atoms with van der Waals surface area (Å²) in [6.45, 7) is 4.33. The Labute approximate surface area is 205 Å². The van der Waals surface area contributed by atoms with Crippen molar-refractivity contribution in [2.45, 2.75) is 51.4 Å². The van der Waals surface area contributed by atoms with Gasteiger partial charge in [0.2, 0.25) is 5.95 Å². The van der Waals surface area contributed by atoms with Crippen LogP contribution in [0, 0.1) is 17.2 Å². The highest BCUT2D eigenvalue weighted by Crippen LogP contribution is 2.58. The van der Waals surface area contributed by atoms with E-state index in [0.29, 0.717) is 5.95 Å². The van der Waals surface area contributed by atoms with Gasteiger partial charge in [0.15, 0.2) is 0 Å². The van der Waals surface area contributed by atoms with Crippen molar-refractivity contribution in [2.24, 2.45) is 16.3 Å². The molecule has 0 radical (unpaired) electrons. The van der Waals surface area contributed by atoms with Crippen molar-refractivity contribution < 1.29 is 19.0 Å². The predicted molar refractivity (Wildman–Crippen MR) is 132 cm³/mol. The van der Waals surface area contributed by atoms with E-state index in [1.165, 1.54) is 42.7 Å². The zero-order valence-corrected chi connectivity index (χ0v) is 21.0. The molecular weight excluding hydrogens is 501 g/mol. The largest absolute Gasteiger partial charge is 0.507 e. The van der Waals surface area contributed by atoms with Crippen LogP contribution >= 0.6 is 15.9 Å². The van der Waals surface area contributed by atoms with Gasteiger partial charge < -0.3 is 14.8 Å². The molecule has 0 unspecified atom stereocenters. The number of hydrogen-bond donors (Lipinski definition) is 2. The number of aromatic hydroxyl groups is 1. The van der Waals surface area contributed by atoms with Gasteiger partial charge in [-0.3, -0.25) is 4.79 Å². The van der Waals surface area contributed by atoms with Crippen LogP contribution < -0.4 is 0 Å². The molecule has 1 saturated carbocycles. The molecule has 0 amide bonds. The van der Waals surface area contributed by atoms with Crippen molar-refractivity contribution in [3.8, 4) is 5.75 Å². The average Bonchev–Trinajstić information content (AvgIpc) is 3.25. The Bertz CT molecular complexity index is 1340. The molecule has 0 bridgehead atoms. The lowest BCUT2D eigenvalue weighted by atomic mass is 9.50. The number of imidazole rings is 1. The first-order chi connectivity index (χ1) is 16.2. The van der Waals surface area contributed by atoms with E-state index in [1.54, 1.807) is 0 Å².